The Morgan fingerprint density at radius 3 is 2.44 bits per heavy atom. The summed E-state index contributed by atoms with van der Waals surface area (Å²) in [6, 6.07) is -0.583. The molecular formula is C11H20ClNO4S. The molecule has 0 saturated heterocycles. The monoisotopic (exact) mass is 297 g/mol. The van der Waals surface area contributed by atoms with Crippen molar-refractivity contribution in [1.29, 1.82) is 0 Å². The number of nitrogens with one attached hydrogen (secondary N) is 1. The molecule has 18 heavy (non-hydrogen) atoms. The molecular weight excluding hydrogens is 278 g/mol. The van der Waals surface area contributed by atoms with Crippen molar-refractivity contribution >= 4 is 25.8 Å². The summed E-state index contributed by atoms with van der Waals surface area (Å²) in [4.78, 5) is 11.5. The molecule has 1 unspecified atom stereocenters. The Morgan fingerprint density at radius 1 is 1.50 bits per heavy atom. The van der Waals surface area contributed by atoms with Gasteiger partial charge in [-0.1, -0.05) is 6.08 Å². The van der Waals surface area contributed by atoms with Gasteiger partial charge in [-0.05, 0) is 33.6 Å². The molecule has 0 spiro atoms. The standard InChI is InChI=1S/C11H20ClNO4S/c1-5-6-7-9(8-18(12,15)16)13-10(14)17-11(2,3)4/h5,9H,1,6-8H2,2-4H3,(H,13,14). The van der Waals surface area contributed by atoms with Crippen LogP contribution in [0, 0.1) is 0 Å². The Morgan fingerprint density at radius 2 is 2.06 bits per heavy atom. The molecule has 0 rings (SSSR count). The molecule has 0 aliphatic rings. The molecule has 0 aromatic heterocycles. The number of rotatable bonds is 6. The van der Waals surface area contributed by atoms with E-state index in [2.05, 4.69) is 11.9 Å². The van der Waals surface area contributed by atoms with Crippen molar-refractivity contribution in [3.05, 3.63) is 12.7 Å². The van der Waals surface area contributed by atoms with Crippen LogP contribution in [0.25, 0.3) is 0 Å². The molecule has 0 aliphatic carbocycles. The molecule has 0 aliphatic heterocycles. The van der Waals surface area contributed by atoms with Crippen molar-refractivity contribution in [2.45, 2.75) is 45.3 Å². The summed E-state index contributed by atoms with van der Waals surface area (Å²) >= 11 is 0. The second-order valence-electron chi connectivity index (χ2n) is 4.91. The van der Waals surface area contributed by atoms with E-state index in [1.807, 2.05) is 0 Å². The molecule has 5 nitrogen and oxygen atoms in total. The first-order valence-electron chi connectivity index (χ1n) is 5.56. The largest absolute Gasteiger partial charge is 0.444 e. The Balaban J connectivity index is 4.49. The van der Waals surface area contributed by atoms with Crippen LogP contribution < -0.4 is 5.32 Å². The lowest BCUT2D eigenvalue weighted by Gasteiger charge is -2.22. The van der Waals surface area contributed by atoms with Crippen molar-refractivity contribution in [2.24, 2.45) is 0 Å². The summed E-state index contributed by atoms with van der Waals surface area (Å²) in [6.07, 6.45) is 2.00. The first kappa shape index (κ1) is 17.2. The van der Waals surface area contributed by atoms with E-state index in [0.29, 0.717) is 12.8 Å². The van der Waals surface area contributed by atoms with Gasteiger partial charge in [0.25, 0.3) is 0 Å². The van der Waals surface area contributed by atoms with Gasteiger partial charge in [0, 0.05) is 16.7 Å². The summed E-state index contributed by atoms with van der Waals surface area (Å²) in [6.45, 7) is 8.72. The molecule has 0 aromatic rings. The van der Waals surface area contributed by atoms with E-state index in [9.17, 15) is 13.2 Å². The summed E-state index contributed by atoms with van der Waals surface area (Å²) in [5.74, 6) is -0.332. The highest BCUT2D eigenvalue weighted by Crippen LogP contribution is 2.10. The number of ether oxygens (including phenoxy) is 1. The SMILES string of the molecule is C=CCCC(CS(=O)(=O)Cl)NC(=O)OC(C)(C)C. The van der Waals surface area contributed by atoms with Crippen LogP contribution in [0.15, 0.2) is 12.7 Å². The fourth-order valence-corrected chi connectivity index (χ4v) is 2.42. The normalized spacial score (nSPS) is 13.8. The number of carbonyl (C=O) groups excluding carboxylic acids is 1. The van der Waals surface area contributed by atoms with Gasteiger partial charge < -0.3 is 10.1 Å². The minimum atomic E-state index is -3.68. The lowest BCUT2D eigenvalue weighted by Crippen LogP contribution is -2.42. The van der Waals surface area contributed by atoms with E-state index in [1.165, 1.54) is 0 Å². The zero-order chi connectivity index (χ0) is 14.4. The number of hydrogen-bond donors (Lipinski definition) is 1. The zero-order valence-electron chi connectivity index (χ0n) is 10.9. The molecule has 0 heterocycles. The van der Waals surface area contributed by atoms with Crippen molar-refractivity contribution in [3.8, 4) is 0 Å². The second-order valence-corrected chi connectivity index (χ2v) is 7.74. The summed E-state index contributed by atoms with van der Waals surface area (Å²) < 4.78 is 27.1. The number of allylic oxidation sites excluding steroid dienone is 1. The topological polar surface area (TPSA) is 72.5 Å². The summed E-state index contributed by atoms with van der Waals surface area (Å²) in [7, 11) is 1.50. The third-order valence-corrected chi connectivity index (χ3v) is 3.02. The van der Waals surface area contributed by atoms with Crippen molar-refractivity contribution in [1.82, 2.24) is 5.32 Å². The number of hydrogen-bond acceptors (Lipinski definition) is 4. The summed E-state index contributed by atoms with van der Waals surface area (Å²) in [5.41, 5.74) is -0.632. The molecule has 0 bridgehead atoms. The maximum Gasteiger partial charge on any atom is 0.407 e. The average molecular weight is 298 g/mol. The molecule has 7 heteroatoms. The molecule has 106 valence electrons. The second kappa shape index (κ2) is 6.99. The van der Waals surface area contributed by atoms with Crippen LogP contribution in [0.1, 0.15) is 33.6 Å². The predicted molar refractivity (Wildman–Crippen MR) is 72.2 cm³/mol. The highest BCUT2D eigenvalue weighted by atomic mass is 35.7. The van der Waals surface area contributed by atoms with Crippen molar-refractivity contribution in [3.63, 3.8) is 0 Å². The Kier molecular flexibility index (Phi) is 6.70. The van der Waals surface area contributed by atoms with Gasteiger partial charge >= 0.3 is 6.09 Å². The van der Waals surface area contributed by atoms with E-state index in [4.69, 9.17) is 15.4 Å². The van der Waals surface area contributed by atoms with Crippen LogP contribution in [0.2, 0.25) is 0 Å². The maximum absolute atomic E-state index is 11.5. The van der Waals surface area contributed by atoms with Crippen LogP contribution in [0.5, 0.6) is 0 Å². The molecule has 0 fully saturated rings. The molecule has 0 aromatic carbocycles. The highest BCUT2D eigenvalue weighted by Gasteiger charge is 2.22. The van der Waals surface area contributed by atoms with E-state index in [1.54, 1.807) is 26.8 Å². The third-order valence-electron chi connectivity index (χ3n) is 1.84. The van der Waals surface area contributed by atoms with Crippen LogP contribution in [-0.4, -0.2) is 31.9 Å². The van der Waals surface area contributed by atoms with Crippen molar-refractivity contribution < 1.29 is 17.9 Å². The number of halogens is 1. The van der Waals surface area contributed by atoms with Crippen LogP contribution in [0.4, 0.5) is 4.79 Å². The van der Waals surface area contributed by atoms with Gasteiger partial charge in [0.2, 0.25) is 9.05 Å². The van der Waals surface area contributed by atoms with Gasteiger partial charge in [-0.3, -0.25) is 0 Å². The smallest absolute Gasteiger partial charge is 0.407 e. The molecule has 1 amide bonds. The summed E-state index contributed by atoms with van der Waals surface area (Å²) in [5, 5.41) is 2.49. The maximum atomic E-state index is 11.5. The quantitative estimate of drug-likeness (QED) is 0.603. The van der Waals surface area contributed by atoms with E-state index < -0.39 is 26.8 Å². The molecule has 0 saturated carbocycles. The van der Waals surface area contributed by atoms with Gasteiger partial charge in [-0.25, -0.2) is 13.2 Å². The fraction of sp³-hybridized carbons (Fsp3) is 0.727. The van der Waals surface area contributed by atoms with Crippen LogP contribution >= 0.6 is 10.7 Å². The van der Waals surface area contributed by atoms with E-state index in [0.717, 1.165) is 0 Å². The average Bonchev–Trinajstić information content (AvgIpc) is 2.08. The number of amides is 1. The number of carbonyl (C=O) groups is 1. The van der Waals surface area contributed by atoms with Crippen LogP contribution in [0.3, 0.4) is 0 Å². The zero-order valence-corrected chi connectivity index (χ0v) is 12.5. The lowest BCUT2D eigenvalue weighted by molar-refractivity contribution is 0.0507. The Bertz CT molecular complexity index is 386. The van der Waals surface area contributed by atoms with Gasteiger partial charge in [0.15, 0.2) is 0 Å². The lowest BCUT2D eigenvalue weighted by atomic mass is 10.2. The molecule has 0 radical (unpaired) electrons. The predicted octanol–water partition coefficient (Wildman–Crippen LogP) is 2.41. The minimum Gasteiger partial charge on any atom is -0.444 e. The van der Waals surface area contributed by atoms with Crippen LogP contribution in [-0.2, 0) is 13.8 Å². The van der Waals surface area contributed by atoms with E-state index in [-0.39, 0.29) is 5.75 Å². The Labute approximate surface area is 113 Å². The minimum absolute atomic E-state index is 0.332. The van der Waals surface area contributed by atoms with Gasteiger partial charge in [0.1, 0.15) is 5.60 Å². The fourth-order valence-electron chi connectivity index (χ4n) is 1.23. The Hall–Kier alpha value is -0.750. The molecule has 1 atom stereocenters. The van der Waals surface area contributed by atoms with Crippen molar-refractivity contribution in [2.75, 3.05) is 5.75 Å². The molecule has 1 N–H and O–H groups in total. The number of alkyl carbamates (subject to hydrolysis) is 1. The van der Waals surface area contributed by atoms with E-state index >= 15 is 0 Å². The first-order valence-corrected chi connectivity index (χ1v) is 8.04. The highest BCUT2D eigenvalue weighted by molar-refractivity contribution is 8.13. The van der Waals surface area contributed by atoms with Gasteiger partial charge in [-0.2, -0.15) is 0 Å². The third kappa shape index (κ3) is 10.4. The first-order chi connectivity index (χ1) is 8.03. The van der Waals surface area contributed by atoms with Gasteiger partial charge in [0.05, 0.1) is 5.75 Å². The van der Waals surface area contributed by atoms with Gasteiger partial charge in [-0.15, -0.1) is 6.58 Å².